The lowest BCUT2D eigenvalue weighted by molar-refractivity contribution is 0.414. The van der Waals surface area contributed by atoms with E-state index in [1.807, 2.05) is 12.4 Å². The van der Waals surface area contributed by atoms with Crippen molar-refractivity contribution in [2.75, 3.05) is 26.4 Å². The Hall–Kier alpha value is -0.970. The van der Waals surface area contributed by atoms with Gasteiger partial charge in [-0.15, -0.1) is 0 Å². The average molecular weight is 182 g/mol. The first-order valence-electron chi connectivity index (χ1n) is 3.88. The molecule has 4 nitrogen and oxygen atoms in total. The summed E-state index contributed by atoms with van der Waals surface area (Å²) in [5, 5.41) is 0.866. The first-order valence-corrected chi connectivity index (χ1v) is 4.29. The van der Waals surface area contributed by atoms with Crippen LogP contribution in [0.5, 0.6) is 0 Å². The normalized spacial score (nSPS) is 21.0. The maximum Gasteiger partial charge on any atom is 0.175 e. The maximum absolute atomic E-state index is 5.27. The predicted octanol–water partition coefficient (Wildman–Crippen LogP) is -0.0409. The summed E-state index contributed by atoms with van der Waals surface area (Å²) < 4.78 is 0. The quantitative estimate of drug-likeness (QED) is 0.493. The van der Waals surface area contributed by atoms with E-state index in [0.717, 1.165) is 18.2 Å². The van der Waals surface area contributed by atoms with E-state index in [2.05, 4.69) is 19.8 Å². The van der Waals surface area contributed by atoms with Crippen molar-refractivity contribution in [3.63, 3.8) is 0 Å². The van der Waals surface area contributed by atoms with E-state index in [0.29, 0.717) is 13.3 Å². The van der Waals surface area contributed by atoms with Crippen molar-refractivity contribution < 1.29 is 0 Å². The molecule has 64 valence electrons. The topological polar surface area (TPSA) is 31.2 Å². The lowest BCUT2D eigenvalue weighted by Gasteiger charge is -2.25. The Morgan fingerprint density at radius 3 is 1.92 bits per heavy atom. The van der Waals surface area contributed by atoms with E-state index in [-0.39, 0.29) is 0 Å². The van der Waals surface area contributed by atoms with E-state index in [1.165, 1.54) is 0 Å². The van der Waals surface area contributed by atoms with Gasteiger partial charge in [0.2, 0.25) is 0 Å². The van der Waals surface area contributed by atoms with Crippen LogP contribution in [0.2, 0.25) is 0 Å². The first-order chi connectivity index (χ1) is 5.88. The number of hydrogen-bond donors (Lipinski definition) is 0. The molecule has 0 amide bonds. The minimum absolute atomic E-state index is 0.704. The molecule has 5 heteroatoms. The van der Waals surface area contributed by atoms with E-state index < -0.39 is 0 Å². The van der Waals surface area contributed by atoms with Gasteiger partial charge in [0.1, 0.15) is 13.3 Å². The standard InChI is InChI=1S/C7H10N4S/c12-7(10-3-1-8-5-10)11-4-2-9-6-11/h1-2H,3-6H2. The molecule has 0 saturated heterocycles. The lowest BCUT2D eigenvalue weighted by atomic mass is 10.6. The van der Waals surface area contributed by atoms with Crippen LogP contribution in [-0.4, -0.2) is 53.8 Å². The van der Waals surface area contributed by atoms with Crippen molar-refractivity contribution in [2.24, 2.45) is 9.98 Å². The largest absolute Gasteiger partial charge is 0.324 e. The van der Waals surface area contributed by atoms with Crippen LogP contribution >= 0.6 is 12.2 Å². The van der Waals surface area contributed by atoms with E-state index in [4.69, 9.17) is 12.2 Å². The summed E-state index contributed by atoms with van der Waals surface area (Å²) in [7, 11) is 0. The molecule has 0 saturated carbocycles. The van der Waals surface area contributed by atoms with Crippen LogP contribution < -0.4 is 0 Å². The van der Waals surface area contributed by atoms with Crippen molar-refractivity contribution in [2.45, 2.75) is 0 Å². The molecule has 2 aliphatic heterocycles. The lowest BCUT2D eigenvalue weighted by Crippen LogP contribution is -2.40. The smallest absolute Gasteiger partial charge is 0.175 e. The van der Waals surface area contributed by atoms with Gasteiger partial charge in [0.05, 0.1) is 13.1 Å². The summed E-state index contributed by atoms with van der Waals surface area (Å²) in [6, 6.07) is 0. The van der Waals surface area contributed by atoms with E-state index in [1.54, 1.807) is 0 Å². The van der Waals surface area contributed by atoms with Crippen molar-refractivity contribution in [3.05, 3.63) is 0 Å². The summed E-state index contributed by atoms with van der Waals surface area (Å²) in [5.41, 5.74) is 0. The molecule has 0 N–H and O–H groups in total. The average Bonchev–Trinajstić information content (AvgIpc) is 2.77. The van der Waals surface area contributed by atoms with Crippen LogP contribution in [0.3, 0.4) is 0 Å². The highest BCUT2D eigenvalue weighted by molar-refractivity contribution is 7.80. The molecule has 0 fully saturated rings. The van der Waals surface area contributed by atoms with Gasteiger partial charge in [-0.05, 0) is 12.2 Å². The molecule has 2 aliphatic rings. The summed E-state index contributed by atoms with van der Waals surface area (Å²) in [4.78, 5) is 12.3. The number of thiocarbonyl (C=S) groups is 1. The SMILES string of the molecule is S=C(N1CC=NC1)N1CC=NC1. The summed E-state index contributed by atoms with van der Waals surface area (Å²) in [6.45, 7) is 3.09. The Balaban J connectivity index is 1.91. The molecule has 0 aliphatic carbocycles. The molecule has 0 aromatic carbocycles. The van der Waals surface area contributed by atoms with Crippen LogP contribution in [0.4, 0.5) is 0 Å². The molecule has 0 atom stereocenters. The third kappa shape index (κ3) is 1.32. The number of hydrogen-bond acceptors (Lipinski definition) is 3. The highest BCUT2D eigenvalue weighted by Crippen LogP contribution is 2.04. The monoisotopic (exact) mass is 182 g/mol. The second-order valence-corrected chi connectivity index (χ2v) is 3.11. The number of aliphatic imine (C=N–C) groups is 2. The van der Waals surface area contributed by atoms with Crippen LogP contribution in [0.1, 0.15) is 0 Å². The third-order valence-corrected chi connectivity index (χ3v) is 2.42. The molecule has 0 aromatic rings. The fraction of sp³-hybridized carbons (Fsp3) is 0.571. The highest BCUT2D eigenvalue weighted by Gasteiger charge is 2.18. The van der Waals surface area contributed by atoms with Gasteiger partial charge in [-0.1, -0.05) is 0 Å². The van der Waals surface area contributed by atoms with Crippen molar-refractivity contribution in [1.29, 1.82) is 0 Å². The summed E-state index contributed by atoms with van der Waals surface area (Å²) >= 11 is 5.27. The van der Waals surface area contributed by atoms with Gasteiger partial charge in [0.15, 0.2) is 5.11 Å². The van der Waals surface area contributed by atoms with Crippen molar-refractivity contribution >= 4 is 29.8 Å². The number of rotatable bonds is 0. The van der Waals surface area contributed by atoms with E-state index >= 15 is 0 Å². The molecule has 0 unspecified atom stereocenters. The second-order valence-electron chi connectivity index (χ2n) is 2.74. The van der Waals surface area contributed by atoms with Crippen molar-refractivity contribution in [1.82, 2.24) is 9.80 Å². The molecule has 0 aromatic heterocycles. The summed E-state index contributed by atoms with van der Waals surface area (Å²) in [6.07, 6.45) is 3.78. The Morgan fingerprint density at radius 2 is 1.58 bits per heavy atom. The van der Waals surface area contributed by atoms with E-state index in [9.17, 15) is 0 Å². The fourth-order valence-corrected chi connectivity index (χ4v) is 1.48. The minimum atomic E-state index is 0.704. The Labute approximate surface area is 76.6 Å². The van der Waals surface area contributed by atoms with Gasteiger partial charge < -0.3 is 9.80 Å². The van der Waals surface area contributed by atoms with Gasteiger partial charge in [-0.3, -0.25) is 9.98 Å². The molecule has 12 heavy (non-hydrogen) atoms. The van der Waals surface area contributed by atoms with Crippen LogP contribution in [0.15, 0.2) is 9.98 Å². The Bertz CT molecular complexity index is 208. The van der Waals surface area contributed by atoms with Gasteiger partial charge in [0.25, 0.3) is 0 Å². The minimum Gasteiger partial charge on any atom is -0.324 e. The van der Waals surface area contributed by atoms with Crippen LogP contribution in [0, 0.1) is 0 Å². The Morgan fingerprint density at radius 1 is 1.08 bits per heavy atom. The molecule has 0 spiro atoms. The maximum atomic E-state index is 5.27. The zero-order chi connectivity index (χ0) is 8.39. The molecular formula is C7H10N4S. The van der Waals surface area contributed by atoms with Crippen LogP contribution in [-0.2, 0) is 0 Å². The van der Waals surface area contributed by atoms with Gasteiger partial charge in [-0.25, -0.2) is 0 Å². The molecular weight excluding hydrogens is 172 g/mol. The van der Waals surface area contributed by atoms with Gasteiger partial charge in [-0.2, -0.15) is 0 Å². The van der Waals surface area contributed by atoms with Crippen molar-refractivity contribution in [3.8, 4) is 0 Å². The van der Waals surface area contributed by atoms with Gasteiger partial charge >= 0.3 is 0 Å². The van der Waals surface area contributed by atoms with Gasteiger partial charge in [0, 0.05) is 12.4 Å². The predicted molar refractivity (Wildman–Crippen MR) is 52.7 cm³/mol. The van der Waals surface area contributed by atoms with Crippen LogP contribution in [0.25, 0.3) is 0 Å². The molecule has 0 bridgehead atoms. The molecule has 2 rings (SSSR count). The second kappa shape index (κ2) is 3.18. The summed E-state index contributed by atoms with van der Waals surface area (Å²) in [5.74, 6) is 0. The third-order valence-electron chi connectivity index (χ3n) is 1.91. The highest BCUT2D eigenvalue weighted by atomic mass is 32.1. The number of nitrogens with zero attached hydrogens (tertiary/aromatic N) is 4. The first kappa shape index (κ1) is 7.67. The fourth-order valence-electron chi connectivity index (χ4n) is 1.22. The zero-order valence-corrected chi connectivity index (χ0v) is 7.50. The Kier molecular flexibility index (Phi) is 2.03. The zero-order valence-electron chi connectivity index (χ0n) is 6.68. The molecule has 2 heterocycles. The molecule has 0 radical (unpaired) electrons.